The lowest BCUT2D eigenvalue weighted by molar-refractivity contribution is 0.395. The Morgan fingerprint density at radius 2 is 2.05 bits per heavy atom. The van der Waals surface area contributed by atoms with Crippen molar-refractivity contribution in [2.45, 2.75) is 13.0 Å². The van der Waals surface area contributed by atoms with Gasteiger partial charge in [0.1, 0.15) is 16.5 Å². The van der Waals surface area contributed by atoms with E-state index in [0.717, 1.165) is 27.8 Å². The molecule has 0 aliphatic carbocycles. The van der Waals surface area contributed by atoms with E-state index in [4.69, 9.17) is 9.47 Å². The van der Waals surface area contributed by atoms with Gasteiger partial charge < -0.3 is 14.8 Å². The zero-order valence-corrected chi connectivity index (χ0v) is 12.4. The van der Waals surface area contributed by atoms with Gasteiger partial charge in [-0.3, -0.25) is 0 Å². The van der Waals surface area contributed by atoms with E-state index < -0.39 is 0 Å². The molecule has 0 aliphatic heterocycles. The summed E-state index contributed by atoms with van der Waals surface area (Å²) in [5.74, 6) is 1.64. The lowest BCUT2D eigenvalue weighted by Crippen LogP contribution is -2.18. The highest BCUT2D eigenvalue weighted by Crippen LogP contribution is 2.34. The summed E-state index contributed by atoms with van der Waals surface area (Å²) in [6.07, 6.45) is 0. The van der Waals surface area contributed by atoms with Crippen LogP contribution in [0.3, 0.4) is 0 Å². The Balaban J connectivity index is 2.47. The van der Waals surface area contributed by atoms with E-state index in [1.54, 1.807) is 25.6 Å². The van der Waals surface area contributed by atoms with Crippen LogP contribution in [0.25, 0.3) is 0 Å². The van der Waals surface area contributed by atoms with Gasteiger partial charge in [0.25, 0.3) is 0 Å². The maximum atomic E-state index is 5.44. The topological polar surface area (TPSA) is 43.4 Å². The predicted molar refractivity (Wildman–Crippen MR) is 77.3 cm³/mol. The number of benzene rings is 1. The van der Waals surface area contributed by atoms with Crippen LogP contribution in [0.2, 0.25) is 0 Å². The maximum Gasteiger partial charge on any atom is 0.124 e. The van der Waals surface area contributed by atoms with E-state index in [9.17, 15) is 0 Å². The minimum absolute atomic E-state index is 0.00347. The number of rotatable bonds is 5. The number of hydrogen-bond donors (Lipinski definition) is 1. The van der Waals surface area contributed by atoms with Crippen molar-refractivity contribution >= 4 is 11.3 Å². The first-order valence-corrected chi connectivity index (χ1v) is 6.88. The van der Waals surface area contributed by atoms with Gasteiger partial charge in [-0.05, 0) is 32.2 Å². The first-order chi connectivity index (χ1) is 9.19. The quantitative estimate of drug-likeness (QED) is 0.913. The summed E-state index contributed by atoms with van der Waals surface area (Å²) < 4.78 is 10.7. The molecule has 0 spiro atoms. The summed E-state index contributed by atoms with van der Waals surface area (Å²) in [6, 6.07) is 5.79. The van der Waals surface area contributed by atoms with Crippen LogP contribution in [0.5, 0.6) is 11.5 Å². The monoisotopic (exact) mass is 278 g/mol. The smallest absolute Gasteiger partial charge is 0.124 e. The second-order valence-corrected chi connectivity index (χ2v) is 5.05. The first kappa shape index (κ1) is 13.8. The third-order valence-corrected chi connectivity index (χ3v) is 3.95. The molecule has 0 aliphatic rings. The van der Waals surface area contributed by atoms with Gasteiger partial charge in [0.05, 0.1) is 20.3 Å². The van der Waals surface area contributed by atoms with Gasteiger partial charge in [-0.2, -0.15) is 0 Å². The average Bonchev–Trinajstić information content (AvgIpc) is 2.86. The second kappa shape index (κ2) is 6.04. The standard InChI is InChI=1S/C14H18N2O2S/c1-9-8-19-14(16-9)13(15-2)11-7-10(17-3)5-6-12(11)18-4/h5-8,13,15H,1-4H3. The van der Waals surface area contributed by atoms with Crippen LogP contribution in [0.4, 0.5) is 0 Å². The van der Waals surface area contributed by atoms with Crippen molar-refractivity contribution in [2.75, 3.05) is 21.3 Å². The number of nitrogens with zero attached hydrogens (tertiary/aromatic N) is 1. The minimum Gasteiger partial charge on any atom is -0.497 e. The lowest BCUT2D eigenvalue weighted by atomic mass is 10.1. The van der Waals surface area contributed by atoms with Crippen LogP contribution >= 0.6 is 11.3 Å². The third kappa shape index (κ3) is 2.88. The molecule has 4 nitrogen and oxygen atoms in total. The number of hydrogen-bond acceptors (Lipinski definition) is 5. The van der Waals surface area contributed by atoms with Crippen molar-refractivity contribution in [1.82, 2.24) is 10.3 Å². The van der Waals surface area contributed by atoms with Crippen LogP contribution in [0.15, 0.2) is 23.6 Å². The molecular weight excluding hydrogens is 260 g/mol. The molecule has 0 radical (unpaired) electrons. The van der Waals surface area contributed by atoms with Crippen molar-refractivity contribution in [3.8, 4) is 11.5 Å². The summed E-state index contributed by atoms with van der Waals surface area (Å²) in [5, 5.41) is 6.35. The van der Waals surface area contributed by atoms with Gasteiger partial charge in [0.15, 0.2) is 0 Å². The summed E-state index contributed by atoms with van der Waals surface area (Å²) >= 11 is 1.64. The summed E-state index contributed by atoms with van der Waals surface area (Å²) in [7, 11) is 5.25. The van der Waals surface area contributed by atoms with Crippen molar-refractivity contribution in [2.24, 2.45) is 0 Å². The van der Waals surface area contributed by atoms with Crippen molar-refractivity contribution in [3.05, 3.63) is 39.8 Å². The highest BCUT2D eigenvalue weighted by atomic mass is 32.1. The Hall–Kier alpha value is -1.59. The molecule has 2 rings (SSSR count). The number of aryl methyl sites for hydroxylation is 1. The molecule has 102 valence electrons. The van der Waals surface area contributed by atoms with Crippen LogP contribution in [-0.2, 0) is 0 Å². The molecule has 0 saturated carbocycles. The van der Waals surface area contributed by atoms with E-state index in [-0.39, 0.29) is 6.04 Å². The molecule has 1 unspecified atom stereocenters. The number of thiazole rings is 1. The number of ether oxygens (including phenoxy) is 2. The molecule has 0 saturated heterocycles. The van der Waals surface area contributed by atoms with E-state index in [1.165, 1.54) is 0 Å². The summed E-state index contributed by atoms with van der Waals surface area (Å²) in [5.41, 5.74) is 2.06. The highest BCUT2D eigenvalue weighted by molar-refractivity contribution is 7.09. The molecule has 19 heavy (non-hydrogen) atoms. The molecule has 0 bridgehead atoms. The normalized spacial score (nSPS) is 12.2. The lowest BCUT2D eigenvalue weighted by Gasteiger charge is -2.18. The zero-order valence-electron chi connectivity index (χ0n) is 11.6. The fourth-order valence-corrected chi connectivity index (χ4v) is 2.90. The Morgan fingerprint density at radius 3 is 2.58 bits per heavy atom. The Bertz CT molecular complexity index is 554. The molecule has 2 aromatic rings. The van der Waals surface area contributed by atoms with E-state index in [2.05, 4.69) is 10.3 Å². The van der Waals surface area contributed by atoms with Gasteiger partial charge >= 0.3 is 0 Å². The van der Waals surface area contributed by atoms with E-state index >= 15 is 0 Å². The summed E-state index contributed by atoms with van der Waals surface area (Å²) in [4.78, 5) is 4.55. The molecule has 5 heteroatoms. The first-order valence-electron chi connectivity index (χ1n) is 6.00. The maximum absolute atomic E-state index is 5.44. The molecule has 1 aromatic heterocycles. The Morgan fingerprint density at radius 1 is 1.26 bits per heavy atom. The molecule has 0 amide bonds. The number of aromatic nitrogens is 1. The Kier molecular flexibility index (Phi) is 4.39. The van der Waals surface area contributed by atoms with Gasteiger partial charge in [-0.15, -0.1) is 11.3 Å². The van der Waals surface area contributed by atoms with Crippen molar-refractivity contribution in [3.63, 3.8) is 0 Å². The molecule has 0 fully saturated rings. The molecule has 1 heterocycles. The van der Waals surface area contributed by atoms with E-state index in [1.807, 2.05) is 37.6 Å². The van der Waals surface area contributed by atoms with Crippen LogP contribution in [-0.4, -0.2) is 26.3 Å². The van der Waals surface area contributed by atoms with Gasteiger partial charge in [-0.25, -0.2) is 4.98 Å². The SMILES string of the molecule is CNC(c1nc(C)cs1)c1cc(OC)ccc1OC. The predicted octanol–water partition coefficient (Wildman–Crippen LogP) is 2.78. The zero-order chi connectivity index (χ0) is 13.8. The molecule has 1 N–H and O–H groups in total. The Labute approximate surface area is 117 Å². The second-order valence-electron chi connectivity index (χ2n) is 4.16. The van der Waals surface area contributed by atoms with Gasteiger partial charge in [0, 0.05) is 16.6 Å². The van der Waals surface area contributed by atoms with Crippen LogP contribution in [0, 0.1) is 6.92 Å². The average molecular weight is 278 g/mol. The van der Waals surface area contributed by atoms with Crippen molar-refractivity contribution in [1.29, 1.82) is 0 Å². The highest BCUT2D eigenvalue weighted by Gasteiger charge is 2.20. The van der Waals surface area contributed by atoms with Crippen LogP contribution < -0.4 is 14.8 Å². The molecular formula is C14H18N2O2S. The fraction of sp³-hybridized carbons (Fsp3) is 0.357. The molecule has 1 aromatic carbocycles. The fourth-order valence-electron chi connectivity index (χ4n) is 1.98. The van der Waals surface area contributed by atoms with Crippen LogP contribution in [0.1, 0.15) is 22.3 Å². The van der Waals surface area contributed by atoms with Gasteiger partial charge in [-0.1, -0.05) is 0 Å². The number of methoxy groups -OCH3 is 2. The number of nitrogens with one attached hydrogen (secondary N) is 1. The third-order valence-electron chi connectivity index (χ3n) is 2.92. The van der Waals surface area contributed by atoms with E-state index in [0.29, 0.717) is 0 Å². The largest absolute Gasteiger partial charge is 0.497 e. The molecule has 1 atom stereocenters. The minimum atomic E-state index is 0.00347. The summed E-state index contributed by atoms with van der Waals surface area (Å²) in [6.45, 7) is 2.00. The van der Waals surface area contributed by atoms with Crippen molar-refractivity contribution < 1.29 is 9.47 Å². The van der Waals surface area contributed by atoms with Gasteiger partial charge in [0.2, 0.25) is 0 Å².